The highest BCUT2D eigenvalue weighted by molar-refractivity contribution is 6.32. The van der Waals surface area contributed by atoms with Crippen LogP contribution in [-0.2, 0) is 14.3 Å². The summed E-state index contributed by atoms with van der Waals surface area (Å²) in [5, 5.41) is 3.35. The van der Waals surface area contributed by atoms with Crippen molar-refractivity contribution >= 4 is 23.2 Å². The van der Waals surface area contributed by atoms with Gasteiger partial charge in [-0.25, -0.2) is 0 Å². The molecule has 0 heterocycles. The van der Waals surface area contributed by atoms with Gasteiger partial charge in [0.2, 0.25) is 0 Å². The monoisotopic (exact) mass is 385 g/mol. The number of benzene rings is 1. The predicted molar refractivity (Wildman–Crippen MR) is 106 cm³/mol. The fourth-order valence-electron chi connectivity index (χ4n) is 2.75. The summed E-state index contributed by atoms with van der Waals surface area (Å²) in [5.74, 6) is 0.725. The molecule has 2 atom stereocenters. The van der Waals surface area contributed by atoms with Crippen LogP contribution in [0.3, 0.4) is 0 Å². The molecule has 0 radical (unpaired) electrons. The minimum absolute atomic E-state index is 0.116. The molecule has 1 amide bonds. The summed E-state index contributed by atoms with van der Waals surface area (Å²) >= 11 is 6.29. The van der Waals surface area contributed by atoms with Gasteiger partial charge < -0.3 is 19.5 Å². The fourth-order valence-corrected chi connectivity index (χ4v) is 2.97. The molecule has 0 unspecified atom stereocenters. The molecule has 5 nitrogen and oxygen atoms in total. The van der Waals surface area contributed by atoms with E-state index in [4.69, 9.17) is 25.8 Å². The van der Waals surface area contributed by atoms with Gasteiger partial charge in [0.25, 0.3) is 5.91 Å². The second-order valence-corrected chi connectivity index (χ2v) is 7.57. The molecule has 1 aromatic rings. The molecule has 0 saturated heterocycles. The first-order valence-electron chi connectivity index (χ1n) is 9.12. The zero-order chi connectivity index (χ0) is 19.7. The Hall–Kier alpha value is -1.30. The van der Waals surface area contributed by atoms with Crippen LogP contribution in [-0.4, -0.2) is 37.9 Å². The first-order valence-corrected chi connectivity index (χ1v) is 9.50. The smallest absolute Gasteiger partial charge is 0.256 e. The minimum Gasteiger partial charge on any atom is -0.487 e. The van der Waals surface area contributed by atoms with Gasteiger partial charge >= 0.3 is 0 Å². The summed E-state index contributed by atoms with van der Waals surface area (Å²) in [6.07, 6.45) is 1.38. The van der Waals surface area contributed by atoms with Crippen molar-refractivity contribution in [1.29, 1.82) is 0 Å². The van der Waals surface area contributed by atoms with Crippen LogP contribution in [0.5, 0.6) is 5.75 Å². The van der Waals surface area contributed by atoms with Crippen LogP contribution in [0.25, 0.3) is 0 Å². The zero-order valence-electron chi connectivity index (χ0n) is 16.7. The van der Waals surface area contributed by atoms with Gasteiger partial charge in [-0.05, 0) is 50.8 Å². The summed E-state index contributed by atoms with van der Waals surface area (Å²) in [4.78, 5) is 12.8. The highest BCUT2D eigenvalue weighted by Crippen LogP contribution is 2.30. The molecule has 1 N–H and O–H groups in total. The van der Waals surface area contributed by atoms with Crippen molar-refractivity contribution in [2.75, 3.05) is 25.6 Å². The van der Waals surface area contributed by atoms with Crippen LogP contribution in [0.2, 0.25) is 5.02 Å². The Balaban J connectivity index is 2.85. The van der Waals surface area contributed by atoms with Crippen LogP contribution >= 0.6 is 11.6 Å². The third-order valence-electron chi connectivity index (χ3n) is 3.82. The maximum Gasteiger partial charge on any atom is 0.256 e. The third-order valence-corrected chi connectivity index (χ3v) is 4.12. The number of halogens is 1. The highest BCUT2D eigenvalue weighted by Gasteiger charge is 2.35. The van der Waals surface area contributed by atoms with E-state index < -0.39 is 5.60 Å². The molecule has 6 heteroatoms. The molecule has 0 fully saturated rings. The molecule has 0 aromatic heterocycles. The van der Waals surface area contributed by atoms with E-state index in [0.717, 1.165) is 6.42 Å². The molecule has 26 heavy (non-hydrogen) atoms. The average Bonchev–Trinajstić information content (AvgIpc) is 2.55. The van der Waals surface area contributed by atoms with E-state index in [-0.39, 0.29) is 12.0 Å². The fraction of sp³-hybridized carbons (Fsp3) is 0.650. The van der Waals surface area contributed by atoms with Crippen molar-refractivity contribution in [1.82, 2.24) is 0 Å². The van der Waals surface area contributed by atoms with Gasteiger partial charge in [-0.1, -0.05) is 32.4 Å². The van der Waals surface area contributed by atoms with Crippen LogP contribution in [0, 0.1) is 5.92 Å². The number of methoxy groups -OCH3 is 1. The van der Waals surface area contributed by atoms with Crippen molar-refractivity contribution in [3.05, 3.63) is 23.2 Å². The van der Waals surface area contributed by atoms with E-state index in [9.17, 15) is 4.79 Å². The number of amides is 1. The first-order chi connectivity index (χ1) is 12.2. The molecule has 148 valence electrons. The lowest BCUT2D eigenvalue weighted by Crippen LogP contribution is -2.44. The van der Waals surface area contributed by atoms with Gasteiger partial charge in [0.15, 0.2) is 0 Å². The number of carbonyl (C=O) groups is 1. The Morgan fingerprint density at radius 2 is 2.00 bits per heavy atom. The normalized spacial score (nSPS) is 14.8. The summed E-state index contributed by atoms with van der Waals surface area (Å²) in [6.45, 7) is 10.9. The van der Waals surface area contributed by atoms with Gasteiger partial charge in [-0.15, -0.1) is 0 Å². The number of ether oxygens (including phenoxy) is 3. The Bertz CT molecular complexity index is 579. The van der Waals surface area contributed by atoms with E-state index >= 15 is 0 Å². The molecule has 1 aromatic carbocycles. The highest BCUT2D eigenvalue weighted by atomic mass is 35.5. The van der Waals surface area contributed by atoms with Gasteiger partial charge in [-0.2, -0.15) is 0 Å². The van der Waals surface area contributed by atoms with Gasteiger partial charge in [0, 0.05) is 19.4 Å². The number of carbonyl (C=O) groups excluding carboxylic acids is 1. The van der Waals surface area contributed by atoms with E-state index in [1.54, 1.807) is 25.3 Å². The first kappa shape index (κ1) is 22.7. The molecule has 0 bridgehead atoms. The van der Waals surface area contributed by atoms with Crippen molar-refractivity contribution in [3.63, 3.8) is 0 Å². The lowest BCUT2D eigenvalue weighted by Gasteiger charge is -2.30. The quantitative estimate of drug-likeness (QED) is 0.587. The number of hydrogen-bond acceptors (Lipinski definition) is 4. The molecule has 0 spiro atoms. The van der Waals surface area contributed by atoms with Gasteiger partial charge in [-0.3, -0.25) is 4.79 Å². The van der Waals surface area contributed by atoms with Gasteiger partial charge in [0.1, 0.15) is 17.5 Å². The van der Waals surface area contributed by atoms with Crippen LogP contribution in [0.1, 0.15) is 47.5 Å². The van der Waals surface area contributed by atoms with E-state index in [1.807, 2.05) is 20.8 Å². The molecular formula is C20H32ClNO4. The molecule has 0 saturated carbocycles. The van der Waals surface area contributed by atoms with Crippen molar-refractivity contribution in [2.24, 2.45) is 5.92 Å². The molecule has 0 aliphatic rings. The summed E-state index contributed by atoms with van der Waals surface area (Å²) < 4.78 is 16.7. The molecule has 0 aliphatic heterocycles. The van der Waals surface area contributed by atoms with Crippen molar-refractivity contribution in [2.45, 2.75) is 59.2 Å². The second-order valence-electron chi connectivity index (χ2n) is 7.16. The zero-order valence-corrected chi connectivity index (χ0v) is 17.5. The van der Waals surface area contributed by atoms with Crippen LogP contribution in [0.4, 0.5) is 5.69 Å². The standard InChI is InChI=1S/C20H32ClNO4/c1-7-10-25-20(5,12-14(2)3)19(23)22-16-8-9-18(17(21)11-16)26-15(4)13-24-6/h8-9,11,14-15H,7,10,12-13H2,1-6H3,(H,22,23)/t15-,20-/m1/s1. The van der Waals surface area contributed by atoms with E-state index in [1.165, 1.54) is 0 Å². The van der Waals surface area contributed by atoms with E-state index in [2.05, 4.69) is 19.2 Å². The summed E-state index contributed by atoms with van der Waals surface area (Å²) in [5.41, 5.74) is -0.263. The number of anilines is 1. The molecule has 1 rings (SSSR count). The number of rotatable bonds is 11. The SMILES string of the molecule is CCCO[C@](C)(CC(C)C)C(=O)Nc1ccc(O[C@H](C)COC)c(Cl)c1. The third kappa shape index (κ3) is 7.14. The molecular weight excluding hydrogens is 354 g/mol. The van der Waals surface area contributed by atoms with Crippen molar-refractivity contribution in [3.8, 4) is 5.75 Å². The van der Waals surface area contributed by atoms with E-state index in [0.29, 0.717) is 42.0 Å². The Morgan fingerprint density at radius 1 is 1.31 bits per heavy atom. The Kier molecular flexibility index (Phi) is 9.41. The van der Waals surface area contributed by atoms with Crippen LogP contribution < -0.4 is 10.1 Å². The Morgan fingerprint density at radius 3 is 2.54 bits per heavy atom. The summed E-state index contributed by atoms with van der Waals surface area (Å²) in [7, 11) is 1.62. The predicted octanol–water partition coefficient (Wildman–Crippen LogP) is 4.92. The number of hydrogen-bond donors (Lipinski definition) is 1. The Labute approximate surface area is 162 Å². The summed E-state index contributed by atoms with van der Waals surface area (Å²) in [6, 6.07) is 5.20. The second kappa shape index (κ2) is 10.8. The lowest BCUT2D eigenvalue weighted by molar-refractivity contribution is -0.141. The topological polar surface area (TPSA) is 56.8 Å². The molecule has 0 aliphatic carbocycles. The lowest BCUT2D eigenvalue weighted by atomic mass is 9.93. The largest absolute Gasteiger partial charge is 0.487 e. The average molecular weight is 386 g/mol. The van der Waals surface area contributed by atoms with Crippen LogP contribution in [0.15, 0.2) is 18.2 Å². The van der Waals surface area contributed by atoms with Gasteiger partial charge in [0.05, 0.1) is 11.6 Å². The minimum atomic E-state index is -0.876. The maximum atomic E-state index is 12.8. The number of nitrogens with one attached hydrogen (secondary N) is 1. The maximum absolute atomic E-state index is 12.8. The van der Waals surface area contributed by atoms with Crippen molar-refractivity contribution < 1.29 is 19.0 Å².